The number of nitro groups is 1. The van der Waals surface area contributed by atoms with E-state index in [4.69, 9.17) is 40.5 Å². The summed E-state index contributed by atoms with van der Waals surface area (Å²) in [5.74, 6) is 0. The average Bonchev–Trinajstić information content (AvgIpc) is 2.02. The Balaban J connectivity index is 3.27. The van der Waals surface area contributed by atoms with Crippen LogP contribution >= 0.6 is 34.8 Å². The van der Waals surface area contributed by atoms with E-state index >= 15 is 0 Å². The fourth-order valence-electron chi connectivity index (χ4n) is 0.878. The highest BCUT2D eigenvalue weighted by molar-refractivity contribution is 6.66. The molecular formula is C7H5Cl3N2O2. The topological polar surface area (TPSA) is 69.2 Å². The van der Waals surface area contributed by atoms with Gasteiger partial charge in [-0.15, -0.1) is 0 Å². The molecule has 0 atom stereocenters. The second kappa shape index (κ2) is 3.81. The lowest BCUT2D eigenvalue weighted by atomic mass is 10.2. The number of rotatable bonds is 1. The minimum absolute atomic E-state index is 0.0352. The second-order valence-corrected chi connectivity index (χ2v) is 4.81. The predicted octanol–water partition coefficient (Wildman–Crippen LogP) is 3.00. The molecule has 1 aromatic rings. The highest BCUT2D eigenvalue weighted by Gasteiger charge is 2.25. The molecular weight excluding hydrogens is 250 g/mol. The van der Waals surface area contributed by atoms with Gasteiger partial charge in [0.25, 0.3) is 5.69 Å². The number of anilines is 1. The second-order valence-electron chi connectivity index (χ2n) is 2.53. The number of nitro benzene ring substituents is 1. The van der Waals surface area contributed by atoms with Crippen LogP contribution in [0, 0.1) is 10.1 Å². The molecule has 0 amide bonds. The number of benzene rings is 1. The lowest BCUT2D eigenvalue weighted by molar-refractivity contribution is -0.384. The van der Waals surface area contributed by atoms with Gasteiger partial charge in [-0.25, -0.2) is 0 Å². The molecule has 0 saturated carbocycles. The minimum Gasteiger partial charge on any atom is -0.393 e. The first-order chi connectivity index (χ1) is 6.32. The van der Waals surface area contributed by atoms with Crippen LogP contribution in [-0.4, -0.2) is 4.92 Å². The molecule has 0 aliphatic carbocycles. The first kappa shape index (κ1) is 11.4. The van der Waals surface area contributed by atoms with E-state index in [1.807, 2.05) is 0 Å². The SMILES string of the molecule is Nc1ccc(C(Cl)(Cl)Cl)cc1[N+](=O)[O-]. The zero-order valence-electron chi connectivity index (χ0n) is 6.71. The van der Waals surface area contributed by atoms with Crippen LogP contribution in [-0.2, 0) is 3.79 Å². The summed E-state index contributed by atoms with van der Waals surface area (Å²) in [4.78, 5) is 9.87. The summed E-state index contributed by atoms with van der Waals surface area (Å²) >= 11 is 16.7. The van der Waals surface area contributed by atoms with Crippen molar-refractivity contribution in [1.29, 1.82) is 0 Å². The van der Waals surface area contributed by atoms with Gasteiger partial charge in [0, 0.05) is 11.6 Å². The fourth-order valence-corrected chi connectivity index (χ4v) is 1.23. The van der Waals surface area contributed by atoms with Crippen molar-refractivity contribution in [2.45, 2.75) is 3.79 Å². The van der Waals surface area contributed by atoms with Crippen molar-refractivity contribution in [3.05, 3.63) is 33.9 Å². The van der Waals surface area contributed by atoms with Gasteiger partial charge >= 0.3 is 0 Å². The van der Waals surface area contributed by atoms with E-state index < -0.39 is 8.72 Å². The zero-order chi connectivity index (χ0) is 10.9. The smallest absolute Gasteiger partial charge is 0.292 e. The quantitative estimate of drug-likeness (QED) is 0.363. The zero-order valence-corrected chi connectivity index (χ0v) is 8.97. The molecule has 14 heavy (non-hydrogen) atoms. The molecule has 0 radical (unpaired) electrons. The molecule has 7 heteroatoms. The average molecular weight is 255 g/mol. The van der Waals surface area contributed by atoms with E-state index in [0.717, 1.165) is 6.07 Å². The summed E-state index contributed by atoms with van der Waals surface area (Å²) in [6.45, 7) is 0. The first-order valence-corrected chi connectivity index (χ1v) is 4.57. The van der Waals surface area contributed by atoms with Gasteiger partial charge in [-0.1, -0.05) is 40.9 Å². The Morgan fingerprint density at radius 2 is 1.93 bits per heavy atom. The van der Waals surface area contributed by atoms with Gasteiger partial charge in [-0.2, -0.15) is 0 Å². The molecule has 0 aliphatic heterocycles. The maximum Gasteiger partial charge on any atom is 0.292 e. The number of nitrogens with two attached hydrogens (primary N) is 1. The van der Waals surface area contributed by atoms with Gasteiger partial charge in [0.1, 0.15) is 5.69 Å². The Hall–Kier alpha value is -0.710. The monoisotopic (exact) mass is 254 g/mol. The third-order valence-electron chi connectivity index (χ3n) is 1.55. The van der Waals surface area contributed by atoms with E-state index in [1.54, 1.807) is 0 Å². The number of nitrogens with zero attached hydrogens (tertiary/aromatic N) is 1. The highest BCUT2D eigenvalue weighted by Crippen LogP contribution is 2.40. The Kier molecular flexibility index (Phi) is 3.09. The van der Waals surface area contributed by atoms with Gasteiger partial charge < -0.3 is 5.73 Å². The molecule has 1 rings (SSSR count). The van der Waals surface area contributed by atoms with Crippen molar-refractivity contribution in [3.63, 3.8) is 0 Å². The Labute approximate surface area is 94.7 Å². The van der Waals surface area contributed by atoms with Gasteiger partial charge in [-0.05, 0) is 6.07 Å². The molecule has 0 saturated heterocycles. The maximum absolute atomic E-state index is 10.5. The van der Waals surface area contributed by atoms with Crippen LogP contribution in [0.2, 0.25) is 0 Å². The lowest BCUT2D eigenvalue weighted by Crippen LogP contribution is -2.03. The van der Waals surface area contributed by atoms with Crippen LogP contribution in [0.25, 0.3) is 0 Å². The summed E-state index contributed by atoms with van der Waals surface area (Å²) in [7, 11) is 0. The van der Waals surface area contributed by atoms with Crippen molar-refractivity contribution >= 4 is 46.2 Å². The molecule has 0 bridgehead atoms. The molecule has 2 N–H and O–H groups in total. The lowest BCUT2D eigenvalue weighted by Gasteiger charge is -2.10. The summed E-state index contributed by atoms with van der Waals surface area (Å²) in [6.07, 6.45) is 0. The summed E-state index contributed by atoms with van der Waals surface area (Å²) in [5.41, 5.74) is 5.34. The van der Waals surface area contributed by atoms with Gasteiger partial charge in [-0.3, -0.25) is 10.1 Å². The Bertz CT molecular complexity index is 376. The fraction of sp³-hybridized carbons (Fsp3) is 0.143. The van der Waals surface area contributed by atoms with Crippen molar-refractivity contribution in [2.75, 3.05) is 5.73 Å². The standard InChI is InChI=1S/C7H5Cl3N2O2/c8-7(9,10)4-1-2-5(11)6(3-4)12(13)14/h1-3H,11H2. The molecule has 0 heterocycles. The van der Waals surface area contributed by atoms with Crippen LogP contribution in [0.15, 0.2) is 18.2 Å². The van der Waals surface area contributed by atoms with Gasteiger partial charge in [0.15, 0.2) is 0 Å². The Morgan fingerprint density at radius 3 is 2.36 bits per heavy atom. The Morgan fingerprint density at radius 1 is 1.36 bits per heavy atom. The van der Waals surface area contributed by atoms with E-state index in [2.05, 4.69) is 0 Å². The van der Waals surface area contributed by atoms with Crippen LogP contribution < -0.4 is 5.73 Å². The van der Waals surface area contributed by atoms with Crippen LogP contribution in [0.5, 0.6) is 0 Å². The summed E-state index contributed by atoms with van der Waals surface area (Å²) < 4.78 is -1.68. The largest absolute Gasteiger partial charge is 0.393 e. The molecule has 0 fully saturated rings. The summed E-state index contributed by atoms with van der Waals surface area (Å²) in [6, 6.07) is 3.90. The minimum atomic E-state index is -1.68. The number of hydrogen-bond acceptors (Lipinski definition) is 3. The van der Waals surface area contributed by atoms with Crippen molar-refractivity contribution in [1.82, 2.24) is 0 Å². The normalized spacial score (nSPS) is 11.4. The molecule has 0 aliphatic rings. The number of alkyl halides is 3. The van der Waals surface area contributed by atoms with Crippen molar-refractivity contribution in [3.8, 4) is 0 Å². The van der Waals surface area contributed by atoms with E-state index in [0.29, 0.717) is 0 Å². The third kappa shape index (κ3) is 2.41. The molecule has 0 spiro atoms. The number of hydrogen-bond donors (Lipinski definition) is 1. The maximum atomic E-state index is 10.5. The predicted molar refractivity (Wildman–Crippen MR) is 56.7 cm³/mol. The van der Waals surface area contributed by atoms with Crippen molar-refractivity contribution < 1.29 is 4.92 Å². The summed E-state index contributed by atoms with van der Waals surface area (Å²) in [5, 5.41) is 10.5. The van der Waals surface area contributed by atoms with Crippen LogP contribution in [0.1, 0.15) is 5.56 Å². The molecule has 76 valence electrons. The van der Waals surface area contributed by atoms with E-state index in [9.17, 15) is 10.1 Å². The van der Waals surface area contributed by atoms with Crippen LogP contribution in [0.3, 0.4) is 0 Å². The molecule has 0 aromatic heterocycles. The van der Waals surface area contributed by atoms with Gasteiger partial charge in [0.2, 0.25) is 3.79 Å². The molecule has 0 unspecified atom stereocenters. The van der Waals surface area contributed by atoms with E-state index in [-0.39, 0.29) is 16.9 Å². The molecule has 4 nitrogen and oxygen atoms in total. The molecule has 1 aromatic carbocycles. The van der Waals surface area contributed by atoms with Crippen molar-refractivity contribution in [2.24, 2.45) is 0 Å². The highest BCUT2D eigenvalue weighted by atomic mass is 35.6. The first-order valence-electron chi connectivity index (χ1n) is 3.43. The third-order valence-corrected chi connectivity index (χ3v) is 2.21. The van der Waals surface area contributed by atoms with E-state index in [1.165, 1.54) is 12.1 Å². The van der Waals surface area contributed by atoms with Crippen LogP contribution in [0.4, 0.5) is 11.4 Å². The van der Waals surface area contributed by atoms with Gasteiger partial charge in [0.05, 0.1) is 4.92 Å². The number of halogens is 3. The number of nitrogen functional groups attached to an aromatic ring is 1.